The average molecular weight is 303 g/mol. The zero-order chi connectivity index (χ0) is 15.0. The van der Waals surface area contributed by atoms with Crippen LogP contribution in [0.1, 0.15) is 50.5 Å². The summed E-state index contributed by atoms with van der Waals surface area (Å²) in [6.45, 7) is 3.75. The highest BCUT2D eigenvalue weighted by Crippen LogP contribution is 2.28. The molecule has 0 radical (unpaired) electrons. The third-order valence-corrected chi connectivity index (χ3v) is 4.82. The summed E-state index contributed by atoms with van der Waals surface area (Å²) in [5, 5.41) is 3.97. The predicted molar refractivity (Wildman–Crippen MR) is 81.8 cm³/mol. The molecule has 0 unspecified atom stereocenters. The number of hydrogen-bond acceptors (Lipinski definition) is 4. The van der Waals surface area contributed by atoms with E-state index in [-0.39, 0.29) is 17.5 Å². The largest absolute Gasteiger partial charge is 0.344 e. The normalized spacial score (nSPS) is 17.3. The van der Waals surface area contributed by atoms with Crippen molar-refractivity contribution in [2.45, 2.75) is 39.2 Å². The van der Waals surface area contributed by atoms with E-state index < -0.39 is 0 Å². The molecule has 110 valence electrons. The first-order valence-corrected chi connectivity index (χ1v) is 7.83. The summed E-state index contributed by atoms with van der Waals surface area (Å²) in [7, 11) is 0. The van der Waals surface area contributed by atoms with E-state index in [9.17, 15) is 9.59 Å². The maximum absolute atomic E-state index is 12.4. The number of nitrogens with zero attached hydrogens (tertiary/aromatic N) is 1. The first-order chi connectivity index (χ1) is 10.0. The van der Waals surface area contributed by atoms with Gasteiger partial charge in [-0.3, -0.25) is 9.59 Å². The number of pyridine rings is 1. The number of nitrogens with one attached hydrogen (secondary N) is 2. The lowest BCUT2D eigenvalue weighted by Crippen LogP contribution is -2.32. The van der Waals surface area contributed by atoms with Crippen LogP contribution in [0, 0.1) is 13.8 Å². The van der Waals surface area contributed by atoms with Crippen molar-refractivity contribution in [3.8, 4) is 0 Å². The van der Waals surface area contributed by atoms with Gasteiger partial charge in [-0.1, -0.05) is 0 Å². The molecule has 1 aliphatic rings. The van der Waals surface area contributed by atoms with Crippen molar-refractivity contribution in [3.63, 3.8) is 0 Å². The fourth-order valence-corrected chi connectivity index (χ4v) is 3.64. The van der Waals surface area contributed by atoms with Gasteiger partial charge in [0.05, 0.1) is 16.7 Å². The average Bonchev–Trinajstić information content (AvgIpc) is 2.77. The quantitative estimate of drug-likeness (QED) is 0.893. The number of carbonyl (C=O) groups excluding carboxylic acids is 1. The van der Waals surface area contributed by atoms with Gasteiger partial charge in [0.2, 0.25) is 5.56 Å². The lowest BCUT2D eigenvalue weighted by molar-refractivity contribution is 0.0936. The molecule has 3 rings (SSSR count). The van der Waals surface area contributed by atoms with Gasteiger partial charge < -0.3 is 10.3 Å². The van der Waals surface area contributed by atoms with Crippen LogP contribution in [0.3, 0.4) is 0 Å². The Balaban J connectivity index is 1.85. The summed E-state index contributed by atoms with van der Waals surface area (Å²) >= 11 is 1.41. The number of carbonyl (C=O) groups is 1. The lowest BCUT2D eigenvalue weighted by Gasteiger charge is -2.25. The molecule has 0 saturated carbocycles. The molecule has 1 amide bonds. The monoisotopic (exact) mass is 303 g/mol. The molecular formula is C15H17N3O2S. The molecule has 0 aliphatic heterocycles. The lowest BCUT2D eigenvalue weighted by atomic mass is 9.91. The third kappa shape index (κ3) is 2.76. The van der Waals surface area contributed by atoms with E-state index in [1.165, 1.54) is 17.4 Å². The molecule has 0 spiro atoms. The zero-order valence-electron chi connectivity index (χ0n) is 12.0. The Bertz CT molecular complexity index is 748. The molecule has 5 nitrogen and oxygen atoms in total. The van der Waals surface area contributed by atoms with Gasteiger partial charge in [-0.15, -0.1) is 11.3 Å². The van der Waals surface area contributed by atoms with Gasteiger partial charge in [-0.25, -0.2) is 4.98 Å². The van der Waals surface area contributed by atoms with Crippen LogP contribution < -0.4 is 10.9 Å². The number of amides is 1. The Morgan fingerprint density at radius 3 is 2.95 bits per heavy atom. The first kappa shape index (κ1) is 14.0. The first-order valence-electron chi connectivity index (χ1n) is 7.01. The number of aromatic nitrogens is 2. The van der Waals surface area contributed by atoms with Crippen LogP contribution >= 0.6 is 11.3 Å². The van der Waals surface area contributed by atoms with Crippen LogP contribution in [-0.2, 0) is 6.42 Å². The molecule has 21 heavy (non-hydrogen) atoms. The van der Waals surface area contributed by atoms with E-state index in [1.807, 2.05) is 19.9 Å². The van der Waals surface area contributed by atoms with Crippen molar-refractivity contribution in [2.75, 3.05) is 0 Å². The van der Waals surface area contributed by atoms with Crippen LogP contribution in [0.5, 0.6) is 0 Å². The summed E-state index contributed by atoms with van der Waals surface area (Å²) < 4.78 is 0. The molecule has 1 aliphatic carbocycles. The number of fused-ring (bicyclic) bond motifs is 1. The van der Waals surface area contributed by atoms with Crippen molar-refractivity contribution in [2.24, 2.45) is 0 Å². The number of thiazole rings is 1. The van der Waals surface area contributed by atoms with Crippen LogP contribution in [-0.4, -0.2) is 15.9 Å². The second kappa shape index (κ2) is 5.44. The maximum atomic E-state index is 12.4. The zero-order valence-corrected chi connectivity index (χ0v) is 12.8. The summed E-state index contributed by atoms with van der Waals surface area (Å²) in [6, 6.07) is 3.30. The van der Waals surface area contributed by atoms with Gasteiger partial charge in [0.1, 0.15) is 4.88 Å². The topological polar surface area (TPSA) is 74.8 Å². The summed E-state index contributed by atoms with van der Waals surface area (Å²) in [5.74, 6) is -0.0813. The molecule has 1 atom stereocenters. The van der Waals surface area contributed by atoms with E-state index in [0.29, 0.717) is 4.88 Å². The minimum Gasteiger partial charge on any atom is -0.344 e. The minimum atomic E-state index is -0.0883. The molecule has 2 aromatic heterocycles. The molecule has 0 fully saturated rings. The molecule has 0 saturated heterocycles. The highest BCUT2D eigenvalue weighted by Gasteiger charge is 2.24. The van der Waals surface area contributed by atoms with Gasteiger partial charge in [-0.2, -0.15) is 0 Å². The Morgan fingerprint density at radius 2 is 2.24 bits per heavy atom. The van der Waals surface area contributed by atoms with E-state index in [1.54, 1.807) is 0 Å². The van der Waals surface area contributed by atoms with Crippen molar-refractivity contribution in [1.82, 2.24) is 15.3 Å². The molecule has 6 heteroatoms. The number of rotatable bonds is 2. The molecule has 2 N–H and O–H groups in total. The maximum Gasteiger partial charge on any atom is 0.263 e. The van der Waals surface area contributed by atoms with Gasteiger partial charge in [-0.05, 0) is 44.7 Å². The van der Waals surface area contributed by atoms with Gasteiger partial charge in [0.25, 0.3) is 5.91 Å². The fraction of sp³-hybridized carbons (Fsp3) is 0.400. The standard InChI is InChI=1S/C15H17N3O2S/c1-8-14(21-9(2)16-8)15(20)18-12-5-3-4-11-10(12)6-7-13(19)17-11/h6-7,12H,3-5H2,1-2H3,(H,17,19)(H,18,20)/t12-/m1/s1. The molecule has 2 heterocycles. The van der Waals surface area contributed by atoms with E-state index in [0.717, 1.165) is 41.2 Å². The Morgan fingerprint density at radius 1 is 1.43 bits per heavy atom. The van der Waals surface area contributed by atoms with Crippen LogP contribution in [0.15, 0.2) is 16.9 Å². The predicted octanol–water partition coefficient (Wildman–Crippen LogP) is 2.26. The van der Waals surface area contributed by atoms with Gasteiger partial charge >= 0.3 is 0 Å². The van der Waals surface area contributed by atoms with Crippen molar-refractivity contribution in [1.29, 1.82) is 0 Å². The highest BCUT2D eigenvalue weighted by molar-refractivity contribution is 7.13. The van der Waals surface area contributed by atoms with Gasteiger partial charge in [0, 0.05) is 11.8 Å². The van der Waals surface area contributed by atoms with Crippen LogP contribution in [0.25, 0.3) is 0 Å². The van der Waals surface area contributed by atoms with Crippen molar-refractivity contribution < 1.29 is 4.79 Å². The second-order valence-electron chi connectivity index (χ2n) is 5.32. The van der Waals surface area contributed by atoms with Crippen molar-refractivity contribution >= 4 is 17.2 Å². The summed E-state index contributed by atoms with van der Waals surface area (Å²) in [6.07, 6.45) is 2.71. The van der Waals surface area contributed by atoms with Crippen LogP contribution in [0.2, 0.25) is 0 Å². The van der Waals surface area contributed by atoms with Gasteiger partial charge in [0.15, 0.2) is 0 Å². The fourth-order valence-electron chi connectivity index (χ4n) is 2.82. The van der Waals surface area contributed by atoms with Crippen LogP contribution in [0.4, 0.5) is 0 Å². The Kier molecular flexibility index (Phi) is 3.63. The molecule has 2 aromatic rings. The second-order valence-corrected chi connectivity index (χ2v) is 6.53. The number of aryl methyl sites for hydroxylation is 3. The number of H-pyrrole nitrogens is 1. The number of hydrogen-bond donors (Lipinski definition) is 2. The Hall–Kier alpha value is -1.95. The summed E-state index contributed by atoms with van der Waals surface area (Å²) in [5.41, 5.74) is 2.64. The minimum absolute atomic E-state index is 0.0418. The smallest absolute Gasteiger partial charge is 0.263 e. The SMILES string of the molecule is Cc1nc(C)c(C(=O)N[C@@H]2CCCc3[nH]c(=O)ccc32)s1. The Labute approximate surface area is 126 Å². The van der Waals surface area contributed by atoms with Crippen molar-refractivity contribution in [3.05, 3.63) is 49.3 Å². The van der Waals surface area contributed by atoms with E-state index in [2.05, 4.69) is 15.3 Å². The molecule has 0 bridgehead atoms. The highest BCUT2D eigenvalue weighted by atomic mass is 32.1. The summed E-state index contributed by atoms with van der Waals surface area (Å²) in [4.78, 5) is 31.6. The number of aromatic amines is 1. The van der Waals surface area contributed by atoms with E-state index in [4.69, 9.17) is 0 Å². The third-order valence-electron chi connectivity index (χ3n) is 3.75. The van der Waals surface area contributed by atoms with E-state index >= 15 is 0 Å². The molecular weight excluding hydrogens is 286 g/mol. The molecule has 0 aromatic carbocycles.